The largest absolute Gasteiger partial charge is 0.480 e. The molecule has 8 heteroatoms. The van der Waals surface area contributed by atoms with E-state index in [0.29, 0.717) is 11.4 Å². The van der Waals surface area contributed by atoms with Gasteiger partial charge in [-0.25, -0.2) is 9.59 Å². The SMILES string of the molecule is CC(C)(C)OC(=O)N[C@H](c1ccc(C(=O)N2c3ccccc3CC2C(=O)O)[nH]1)C1CCCC1. The van der Waals surface area contributed by atoms with Crippen LogP contribution in [0.5, 0.6) is 0 Å². The van der Waals surface area contributed by atoms with Gasteiger partial charge in [0, 0.05) is 17.8 Å². The number of nitrogens with one attached hydrogen (secondary N) is 2. The van der Waals surface area contributed by atoms with Gasteiger partial charge in [-0.15, -0.1) is 0 Å². The number of carbonyl (C=O) groups is 3. The van der Waals surface area contributed by atoms with Crippen LogP contribution in [0.25, 0.3) is 0 Å². The number of aromatic nitrogens is 1. The van der Waals surface area contributed by atoms with Gasteiger partial charge in [0.2, 0.25) is 0 Å². The number of benzene rings is 1. The van der Waals surface area contributed by atoms with Crippen LogP contribution in [0.15, 0.2) is 36.4 Å². The minimum atomic E-state index is -1.04. The minimum Gasteiger partial charge on any atom is -0.480 e. The summed E-state index contributed by atoms with van der Waals surface area (Å²) in [6.07, 6.45) is 3.91. The first-order valence-corrected chi connectivity index (χ1v) is 11.5. The summed E-state index contributed by atoms with van der Waals surface area (Å²) in [5.74, 6) is -1.21. The molecule has 1 unspecified atom stereocenters. The number of fused-ring (bicyclic) bond motifs is 1. The molecule has 2 atom stereocenters. The average Bonchev–Trinajstić information content (AvgIpc) is 3.49. The first-order valence-electron chi connectivity index (χ1n) is 11.5. The average molecular weight is 454 g/mol. The highest BCUT2D eigenvalue weighted by atomic mass is 16.6. The number of anilines is 1. The number of carbonyl (C=O) groups excluding carboxylic acids is 2. The van der Waals surface area contributed by atoms with Crippen LogP contribution >= 0.6 is 0 Å². The summed E-state index contributed by atoms with van der Waals surface area (Å²) in [4.78, 5) is 42.3. The topological polar surface area (TPSA) is 112 Å². The smallest absolute Gasteiger partial charge is 0.408 e. The summed E-state index contributed by atoms with van der Waals surface area (Å²) in [5.41, 5.74) is 1.85. The van der Waals surface area contributed by atoms with Gasteiger partial charge in [-0.2, -0.15) is 0 Å². The number of H-pyrrole nitrogens is 1. The third-order valence-electron chi connectivity index (χ3n) is 6.30. The van der Waals surface area contributed by atoms with Crippen LogP contribution < -0.4 is 10.2 Å². The Labute approximate surface area is 193 Å². The molecule has 4 rings (SSSR count). The molecule has 1 saturated carbocycles. The number of aromatic amines is 1. The summed E-state index contributed by atoms with van der Waals surface area (Å²) in [7, 11) is 0. The molecule has 1 aromatic carbocycles. The highest BCUT2D eigenvalue weighted by Crippen LogP contribution is 2.37. The van der Waals surface area contributed by atoms with E-state index in [1.807, 2.05) is 32.9 Å². The number of aliphatic carboxylic acids is 1. The number of nitrogens with zero attached hydrogens (tertiary/aromatic N) is 1. The van der Waals surface area contributed by atoms with Gasteiger partial charge in [0.05, 0.1) is 6.04 Å². The number of carboxylic acids is 1. The molecule has 0 bridgehead atoms. The zero-order valence-electron chi connectivity index (χ0n) is 19.3. The van der Waals surface area contributed by atoms with E-state index >= 15 is 0 Å². The van der Waals surface area contributed by atoms with E-state index in [9.17, 15) is 19.5 Å². The molecule has 2 aromatic rings. The van der Waals surface area contributed by atoms with E-state index in [0.717, 1.165) is 36.9 Å². The van der Waals surface area contributed by atoms with E-state index in [1.165, 1.54) is 4.90 Å². The summed E-state index contributed by atoms with van der Waals surface area (Å²) in [6.45, 7) is 5.44. The zero-order valence-corrected chi connectivity index (χ0v) is 19.3. The number of hydrogen-bond acceptors (Lipinski definition) is 4. The number of alkyl carbamates (subject to hydrolysis) is 1. The second-order valence-corrected chi connectivity index (χ2v) is 9.86. The third-order valence-corrected chi connectivity index (χ3v) is 6.30. The molecular weight excluding hydrogens is 422 g/mol. The molecule has 2 heterocycles. The van der Waals surface area contributed by atoms with Crippen molar-refractivity contribution in [1.29, 1.82) is 0 Å². The fourth-order valence-corrected chi connectivity index (χ4v) is 4.86. The maximum absolute atomic E-state index is 13.4. The summed E-state index contributed by atoms with van der Waals surface area (Å²) in [6, 6.07) is 9.45. The van der Waals surface area contributed by atoms with Gasteiger partial charge in [-0.05, 0) is 63.3 Å². The Morgan fingerprint density at radius 2 is 1.82 bits per heavy atom. The van der Waals surface area contributed by atoms with Crippen LogP contribution in [0.2, 0.25) is 0 Å². The molecular formula is C25H31N3O5. The van der Waals surface area contributed by atoms with Crippen molar-refractivity contribution in [3.05, 3.63) is 53.3 Å². The van der Waals surface area contributed by atoms with E-state index in [-0.39, 0.29) is 18.4 Å². The molecule has 2 amide bonds. The number of ether oxygens (including phenoxy) is 1. The molecule has 3 N–H and O–H groups in total. The molecule has 1 aliphatic heterocycles. The van der Waals surface area contributed by atoms with Crippen molar-refractivity contribution in [2.24, 2.45) is 5.92 Å². The Bertz CT molecular complexity index is 1050. The van der Waals surface area contributed by atoms with Crippen molar-refractivity contribution in [2.45, 2.75) is 70.6 Å². The Kier molecular flexibility index (Phi) is 6.19. The Balaban J connectivity index is 1.59. The second kappa shape index (κ2) is 8.92. The molecule has 1 aromatic heterocycles. The predicted molar refractivity (Wildman–Crippen MR) is 123 cm³/mol. The molecule has 0 spiro atoms. The van der Waals surface area contributed by atoms with E-state index in [4.69, 9.17) is 4.74 Å². The van der Waals surface area contributed by atoms with Crippen LogP contribution in [0, 0.1) is 5.92 Å². The fourth-order valence-electron chi connectivity index (χ4n) is 4.86. The number of carboxylic acid groups (broad SMARTS) is 1. The highest BCUT2D eigenvalue weighted by molar-refractivity contribution is 6.10. The van der Waals surface area contributed by atoms with Crippen molar-refractivity contribution < 1.29 is 24.2 Å². The maximum Gasteiger partial charge on any atom is 0.408 e. The summed E-state index contributed by atoms with van der Waals surface area (Å²) < 4.78 is 5.46. The van der Waals surface area contributed by atoms with Crippen LogP contribution in [-0.4, -0.2) is 39.7 Å². The van der Waals surface area contributed by atoms with Gasteiger partial charge in [-0.3, -0.25) is 9.69 Å². The molecule has 176 valence electrons. The number of para-hydroxylation sites is 1. The third kappa shape index (κ3) is 4.89. The van der Waals surface area contributed by atoms with Crippen molar-refractivity contribution in [3.8, 4) is 0 Å². The molecule has 1 aliphatic carbocycles. The van der Waals surface area contributed by atoms with Gasteiger partial charge in [0.1, 0.15) is 17.3 Å². The van der Waals surface area contributed by atoms with Gasteiger partial charge in [0.25, 0.3) is 5.91 Å². The fraction of sp³-hybridized carbons (Fsp3) is 0.480. The maximum atomic E-state index is 13.4. The number of amides is 2. The predicted octanol–water partition coefficient (Wildman–Crippen LogP) is 4.43. The highest BCUT2D eigenvalue weighted by Gasteiger charge is 2.39. The molecule has 2 aliphatic rings. The van der Waals surface area contributed by atoms with E-state index in [2.05, 4.69) is 10.3 Å². The lowest BCUT2D eigenvalue weighted by molar-refractivity contribution is -0.138. The van der Waals surface area contributed by atoms with Crippen LogP contribution in [0.1, 0.15) is 74.2 Å². The van der Waals surface area contributed by atoms with Gasteiger partial charge >= 0.3 is 12.1 Å². The lowest BCUT2D eigenvalue weighted by atomic mass is 9.95. The number of rotatable bonds is 5. The lowest BCUT2D eigenvalue weighted by Gasteiger charge is -2.27. The number of hydrogen-bond donors (Lipinski definition) is 3. The molecule has 0 saturated heterocycles. The molecule has 1 fully saturated rings. The van der Waals surface area contributed by atoms with Gasteiger partial charge in [0.15, 0.2) is 0 Å². The lowest BCUT2D eigenvalue weighted by Crippen LogP contribution is -2.43. The van der Waals surface area contributed by atoms with Crippen molar-refractivity contribution in [2.75, 3.05) is 4.90 Å². The quantitative estimate of drug-likeness (QED) is 0.620. The normalized spacial score (nSPS) is 19.2. The Morgan fingerprint density at radius 1 is 1.12 bits per heavy atom. The Hall–Kier alpha value is -3.29. The first-order chi connectivity index (χ1) is 15.6. The van der Waals surface area contributed by atoms with Crippen LogP contribution in [-0.2, 0) is 16.0 Å². The van der Waals surface area contributed by atoms with Crippen molar-refractivity contribution in [3.63, 3.8) is 0 Å². The summed E-state index contributed by atoms with van der Waals surface area (Å²) >= 11 is 0. The standard InChI is InChI=1S/C25H31N3O5/c1-25(2,3)33-24(32)27-21(15-8-4-5-9-15)17-12-13-18(26-17)22(29)28-19-11-7-6-10-16(19)14-20(28)23(30)31/h6-7,10-13,15,20-21,26H,4-5,8-9,14H2,1-3H3,(H,27,32)(H,30,31)/t20?,21-/m0/s1. The van der Waals surface area contributed by atoms with E-state index in [1.54, 1.807) is 24.3 Å². The van der Waals surface area contributed by atoms with Crippen LogP contribution in [0.3, 0.4) is 0 Å². The van der Waals surface area contributed by atoms with Crippen molar-refractivity contribution in [1.82, 2.24) is 10.3 Å². The summed E-state index contributed by atoms with van der Waals surface area (Å²) in [5, 5.41) is 12.7. The molecule has 33 heavy (non-hydrogen) atoms. The second-order valence-electron chi connectivity index (χ2n) is 9.86. The first kappa shape index (κ1) is 22.9. The van der Waals surface area contributed by atoms with Gasteiger partial charge in [-0.1, -0.05) is 31.0 Å². The zero-order chi connectivity index (χ0) is 23.8. The van der Waals surface area contributed by atoms with Gasteiger partial charge < -0.3 is 20.1 Å². The van der Waals surface area contributed by atoms with Crippen LogP contribution in [0.4, 0.5) is 10.5 Å². The molecule has 8 nitrogen and oxygen atoms in total. The monoisotopic (exact) mass is 453 g/mol. The Morgan fingerprint density at radius 3 is 2.48 bits per heavy atom. The van der Waals surface area contributed by atoms with Crippen molar-refractivity contribution >= 4 is 23.7 Å². The van der Waals surface area contributed by atoms with E-state index < -0.39 is 29.6 Å². The minimum absolute atomic E-state index is 0.235. The molecule has 0 radical (unpaired) electrons.